The molecular weight excluding hydrogens is 308 g/mol. The zero-order valence-corrected chi connectivity index (χ0v) is 14.6. The first-order chi connectivity index (χ1) is 11.2. The summed E-state index contributed by atoms with van der Waals surface area (Å²) in [6.45, 7) is 4.24. The number of thiazole rings is 1. The van der Waals surface area contributed by atoms with E-state index in [0.717, 1.165) is 35.0 Å². The molecule has 1 atom stereocenters. The number of hydrogen-bond donors (Lipinski definition) is 1. The lowest BCUT2D eigenvalue weighted by molar-refractivity contribution is 0.137. The van der Waals surface area contributed by atoms with Gasteiger partial charge < -0.3 is 9.72 Å². The van der Waals surface area contributed by atoms with Crippen LogP contribution in [0.15, 0.2) is 29.1 Å². The molecule has 1 aromatic carbocycles. The van der Waals surface area contributed by atoms with Gasteiger partial charge in [-0.3, -0.25) is 9.69 Å². The molecular formula is C18H24N2O2S. The van der Waals surface area contributed by atoms with Crippen LogP contribution in [0.2, 0.25) is 0 Å². The molecule has 23 heavy (non-hydrogen) atoms. The molecule has 4 nitrogen and oxygen atoms in total. The van der Waals surface area contributed by atoms with E-state index in [0.29, 0.717) is 6.04 Å². The fraction of sp³-hybridized carbons (Fsp3) is 0.500. The summed E-state index contributed by atoms with van der Waals surface area (Å²) in [5, 5.41) is 0. The monoisotopic (exact) mass is 332 g/mol. The van der Waals surface area contributed by atoms with Gasteiger partial charge in [0.15, 0.2) is 0 Å². The van der Waals surface area contributed by atoms with Crippen molar-refractivity contribution < 1.29 is 4.74 Å². The maximum atomic E-state index is 11.9. The third-order valence-corrected chi connectivity index (χ3v) is 5.51. The molecule has 1 unspecified atom stereocenters. The van der Waals surface area contributed by atoms with E-state index in [1.807, 2.05) is 24.3 Å². The molecule has 1 aliphatic heterocycles. The van der Waals surface area contributed by atoms with E-state index in [-0.39, 0.29) is 4.87 Å². The van der Waals surface area contributed by atoms with Crippen molar-refractivity contribution in [3.05, 3.63) is 38.8 Å². The number of H-pyrrole nitrogens is 1. The van der Waals surface area contributed by atoms with E-state index < -0.39 is 0 Å². The molecule has 0 amide bonds. The number of nitrogens with one attached hydrogen (secondary N) is 1. The summed E-state index contributed by atoms with van der Waals surface area (Å²) >= 11 is 1.34. The molecule has 1 N–H and O–H groups in total. The van der Waals surface area contributed by atoms with Crippen LogP contribution in [-0.2, 0) is 6.54 Å². The highest BCUT2D eigenvalue weighted by Crippen LogP contribution is 2.29. The molecule has 1 saturated heterocycles. The van der Waals surface area contributed by atoms with Crippen molar-refractivity contribution >= 4 is 11.3 Å². The van der Waals surface area contributed by atoms with Gasteiger partial charge >= 0.3 is 4.87 Å². The molecule has 2 heterocycles. The molecule has 0 spiro atoms. The van der Waals surface area contributed by atoms with Crippen molar-refractivity contribution in [1.82, 2.24) is 9.88 Å². The number of rotatable bonds is 5. The van der Waals surface area contributed by atoms with Gasteiger partial charge in [0, 0.05) is 23.0 Å². The molecule has 5 heteroatoms. The highest BCUT2D eigenvalue weighted by molar-refractivity contribution is 7.09. The van der Waals surface area contributed by atoms with Gasteiger partial charge in [0.25, 0.3) is 0 Å². The first-order valence-electron chi connectivity index (χ1n) is 8.31. The number of aromatic nitrogens is 1. The maximum absolute atomic E-state index is 11.9. The summed E-state index contributed by atoms with van der Waals surface area (Å²) in [5.41, 5.74) is 1.96. The number of hydrogen-bond acceptors (Lipinski definition) is 4. The Kier molecular flexibility index (Phi) is 5.18. The summed E-state index contributed by atoms with van der Waals surface area (Å²) < 4.78 is 5.31. The van der Waals surface area contributed by atoms with E-state index in [9.17, 15) is 4.79 Å². The molecule has 0 radical (unpaired) electrons. The third kappa shape index (κ3) is 3.67. The van der Waals surface area contributed by atoms with Crippen molar-refractivity contribution in [1.29, 1.82) is 0 Å². The zero-order chi connectivity index (χ0) is 16.2. The van der Waals surface area contributed by atoms with E-state index >= 15 is 0 Å². The molecule has 3 rings (SSSR count). The number of likely N-dealkylation sites (tertiary alicyclic amines) is 1. The summed E-state index contributed by atoms with van der Waals surface area (Å²) in [6, 6.07) is 8.53. The van der Waals surface area contributed by atoms with Gasteiger partial charge in [-0.15, -0.1) is 0 Å². The van der Waals surface area contributed by atoms with Crippen LogP contribution in [0.4, 0.5) is 0 Å². The molecule has 0 saturated carbocycles. The fourth-order valence-electron chi connectivity index (χ4n) is 3.40. The quantitative estimate of drug-likeness (QED) is 0.904. The van der Waals surface area contributed by atoms with E-state index in [2.05, 4.69) is 16.8 Å². The van der Waals surface area contributed by atoms with Crippen molar-refractivity contribution in [3.8, 4) is 17.0 Å². The van der Waals surface area contributed by atoms with Gasteiger partial charge in [-0.1, -0.05) is 36.8 Å². The largest absolute Gasteiger partial charge is 0.497 e. The first-order valence-corrected chi connectivity index (χ1v) is 9.13. The smallest absolute Gasteiger partial charge is 0.305 e. The summed E-state index contributed by atoms with van der Waals surface area (Å²) in [4.78, 5) is 18.6. The minimum Gasteiger partial charge on any atom is -0.497 e. The Labute approximate surface area is 141 Å². The lowest BCUT2D eigenvalue weighted by Gasteiger charge is -2.35. The van der Waals surface area contributed by atoms with Crippen LogP contribution < -0.4 is 9.61 Å². The predicted octanol–water partition coefficient (Wildman–Crippen LogP) is 3.88. The van der Waals surface area contributed by atoms with Crippen LogP contribution in [0.3, 0.4) is 0 Å². The lowest BCUT2D eigenvalue weighted by Crippen LogP contribution is -2.38. The van der Waals surface area contributed by atoms with Crippen LogP contribution in [-0.4, -0.2) is 29.6 Å². The van der Waals surface area contributed by atoms with E-state index in [1.165, 1.54) is 37.0 Å². The first kappa shape index (κ1) is 16.3. The van der Waals surface area contributed by atoms with Gasteiger partial charge in [0.2, 0.25) is 0 Å². The number of nitrogens with zero attached hydrogens (tertiary/aromatic N) is 1. The van der Waals surface area contributed by atoms with Crippen LogP contribution in [0, 0.1) is 0 Å². The minimum atomic E-state index is 0.0166. The molecule has 1 fully saturated rings. The van der Waals surface area contributed by atoms with Crippen molar-refractivity contribution in [2.45, 2.75) is 45.2 Å². The maximum Gasteiger partial charge on any atom is 0.305 e. The second-order valence-corrected chi connectivity index (χ2v) is 7.14. The Morgan fingerprint density at radius 3 is 3.04 bits per heavy atom. The van der Waals surface area contributed by atoms with Gasteiger partial charge in [-0.2, -0.15) is 0 Å². The Morgan fingerprint density at radius 1 is 1.39 bits per heavy atom. The van der Waals surface area contributed by atoms with Crippen molar-refractivity contribution in [2.24, 2.45) is 0 Å². The van der Waals surface area contributed by atoms with Crippen LogP contribution in [0.25, 0.3) is 11.3 Å². The summed E-state index contributed by atoms with van der Waals surface area (Å²) in [6.07, 6.45) is 5.02. The van der Waals surface area contributed by atoms with E-state index in [4.69, 9.17) is 4.74 Å². The van der Waals surface area contributed by atoms with Crippen LogP contribution in [0.5, 0.6) is 5.75 Å². The average Bonchev–Trinajstić information content (AvgIpc) is 2.96. The molecule has 1 aliphatic rings. The second kappa shape index (κ2) is 7.32. The van der Waals surface area contributed by atoms with E-state index in [1.54, 1.807) is 7.11 Å². The third-order valence-electron chi connectivity index (χ3n) is 4.65. The standard InChI is InChI=1S/C18H24N2O2S/c1-3-14-8-4-5-10-20(14)12-16-17(19-18(21)23-16)13-7-6-9-15(11-13)22-2/h6-7,9,11,14H,3-5,8,10,12H2,1-2H3,(H,19,21). The van der Waals surface area contributed by atoms with Gasteiger partial charge in [-0.05, 0) is 37.9 Å². The topological polar surface area (TPSA) is 45.3 Å². The van der Waals surface area contributed by atoms with Gasteiger partial charge in [0.1, 0.15) is 5.75 Å². The van der Waals surface area contributed by atoms with Crippen LogP contribution >= 0.6 is 11.3 Å². The minimum absolute atomic E-state index is 0.0166. The second-order valence-electron chi connectivity index (χ2n) is 6.07. The number of piperidine rings is 1. The van der Waals surface area contributed by atoms with Crippen molar-refractivity contribution in [3.63, 3.8) is 0 Å². The highest BCUT2D eigenvalue weighted by Gasteiger charge is 2.23. The molecule has 1 aromatic heterocycles. The van der Waals surface area contributed by atoms with Gasteiger partial charge in [-0.25, -0.2) is 0 Å². The number of aromatic amines is 1. The SMILES string of the molecule is CCC1CCCCN1Cc1sc(=O)[nH]c1-c1cccc(OC)c1. The lowest BCUT2D eigenvalue weighted by atomic mass is 9.99. The summed E-state index contributed by atoms with van der Waals surface area (Å²) in [7, 11) is 1.66. The Bertz CT molecular complexity index is 707. The number of benzene rings is 1. The normalized spacial score (nSPS) is 19.0. The molecule has 0 aliphatic carbocycles. The number of ether oxygens (including phenoxy) is 1. The number of methoxy groups -OCH3 is 1. The zero-order valence-electron chi connectivity index (χ0n) is 13.8. The van der Waals surface area contributed by atoms with Crippen molar-refractivity contribution in [2.75, 3.05) is 13.7 Å². The average molecular weight is 332 g/mol. The van der Waals surface area contributed by atoms with Crippen LogP contribution in [0.1, 0.15) is 37.5 Å². The summed E-state index contributed by atoms with van der Waals surface area (Å²) in [5.74, 6) is 0.810. The molecule has 0 bridgehead atoms. The fourth-order valence-corrected chi connectivity index (χ4v) is 4.28. The molecule has 2 aromatic rings. The Balaban J connectivity index is 1.89. The predicted molar refractivity (Wildman–Crippen MR) is 95.3 cm³/mol. The molecule has 124 valence electrons. The Morgan fingerprint density at radius 2 is 2.26 bits per heavy atom. The highest BCUT2D eigenvalue weighted by atomic mass is 32.1. The van der Waals surface area contributed by atoms with Gasteiger partial charge in [0.05, 0.1) is 12.8 Å². The Hall–Kier alpha value is -1.59.